The normalized spacial score (nSPS) is 23.0. The second-order valence-electron chi connectivity index (χ2n) is 10.6. The van der Waals surface area contributed by atoms with Crippen molar-refractivity contribution in [2.45, 2.75) is 58.0 Å². The van der Waals surface area contributed by atoms with Gasteiger partial charge in [0.25, 0.3) is 0 Å². The Labute approximate surface area is 214 Å². The molecule has 3 aliphatic rings. The molecule has 0 bridgehead atoms. The first kappa shape index (κ1) is 24.4. The number of Topliss-reactive ketones (excluding diaryl/α,β-unsaturated/α-hetero) is 1. The van der Waals surface area contributed by atoms with Gasteiger partial charge in [0.1, 0.15) is 18.5 Å². The Morgan fingerprint density at radius 1 is 1.06 bits per heavy atom. The summed E-state index contributed by atoms with van der Waals surface area (Å²) in [7, 11) is 1.66. The standard InChI is InChI=1S/C32H36O4/c1-21-7-9-23(10-8-21)18-24-11-12-26(19-24)31(33)22(2)17-28-20-35-30-6-4-5-29(32(30)36-28)25-13-15-27(34-3)16-14-25/h4-6,11-16,21,23,28H,2,7-10,17-20H2,1,3H3. The Kier molecular flexibility index (Phi) is 7.31. The summed E-state index contributed by atoms with van der Waals surface area (Å²) in [5, 5.41) is 0. The highest BCUT2D eigenvalue weighted by molar-refractivity contribution is 6.08. The Bertz CT molecular complexity index is 1180. The van der Waals surface area contributed by atoms with Gasteiger partial charge in [-0.2, -0.15) is 0 Å². The predicted octanol–water partition coefficient (Wildman–Crippen LogP) is 7.49. The lowest BCUT2D eigenvalue weighted by molar-refractivity contribution is -0.112. The average molecular weight is 485 g/mol. The maximum Gasteiger partial charge on any atom is 0.184 e. The van der Waals surface area contributed by atoms with Crippen molar-refractivity contribution in [3.05, 3.63) is 77.9 Å². The molecule has 2 aromatic rings. The molecule has 1 atom stereocenters. The third-order valence-corrected chi connectivity index (χ3v) is 7.80. The number of carbonyl (C=O) groups excluding carboxylic acids is 1. The Balaban J connectivity index is 1.18. The van der Waals surface area contributed by atoms with Crippen LogP contribution in [0.2, 0.25) is 0 Å². The van der Waals surface area contributed by atoms with Gasteiger partial charge in [-0.05, 0) is 66.9 Å². The highest BCUT2D eigenvalue weighted by Gasteiger charge is 2.28. The van der Waals surface area contributed by atoms with E-state index < -0.39 is 0 Å². The first-order chi connectivity index (χ1) is 17.5. The van der Waals surface area contributed by atoms with Crippen molar-refractivity contribution < 1.29 is 19.0 Å². The minimum Gasteiger partial charge on any atom is -0.497 e. The molecule has 2 aromatic carbocycles. The summed E-state index contributed by atoms with van der Waals surface area (Å²) in [6, 6.07) is 13.8. The topological polar surface area (TPSA) is 44.8 Å². The highest BCUT2D eigenvalue weighted by Crippen LogP contribution is 2.42. The molecule has 0 amide bonds. The lowest BCUT2D eigenvalue weighted by atomic mass is 9.79. The van der Waals surface area contributed by atoms with Crippen LogP contribution >= 0.6 is 0 Å². The molecular formula is C32H36O4. The molecule has 1 fully saturated rings. The van der Waals surface area contributed by atoms with E-state index in [0.29, 0.717) is 24.4 Å². The van der Waals surface area contributed by atoms with Gasteiger partial charge in [-0.1, -0.05) is 68.3 Å². The second-order valence-corrected chi connectivity index (χ2v) is 10.6. The highest BCUT2D eigenvalue weighted by atomic mass is 16.6. The first-order valence-electron chi connectivity index (χ1n) is 13.2. The molecule has 0 radical (unpaired) electrons. The summed E-state index contributed by atoms with van der Waals surface area (Å²) >= 11 is 0. The predicted molar refractivity (Wildman–Crippen MR) is 144 cm³/mol. The summed E-state index contributed by atoms with van der Waals surface area (Å²) in [4.78, 5) is 13.2. The van der Waals surface area contributed by atoms with E-state index in [9.17, 15) is 4.79 Å². The Morgan fingerprint density at radius 3 is 2.58 bits per heavy atom. The molecule has 36 heavy (non-hydrogen) atoms. The molecule has 1 aliphatic heterocycles. The summed E-state index contributed by atoms with van der Waals surface area (Å²) < 4.78 is 17.7. The second kappa shape index (κ2) is 10.8. The lowest BCUT2D eigenvalue weighted by Crippen LogP contribution is -2.30. The molecule has 4 heteroatoms. The molecule has 4 nitrogen and oxygen atoms in total. The molecular weight excluding hydrogens is 448 g/mol. The number of methoxy groups -OCH3 is 1. The third kappa shape index (κ3) is 5.43. The van der Waals surface area contributed by atoms with E-state index in [1.54, 1.807) is 7.11 Å². The van der Waals surface area contributed by atoms with Crippen LogP contribution in [0.5, 0.6) is 17.2 Å². The average Bonchev–Trinajstić information content (AvgIpc) is 3.37. The number of hydrogen-bond acceptors (Lipinski definition) is 4. The fraction of sp³-hybridized carbons (Fsp3) is 0.406. The van der Waals surface area contributed by atoms with Crippen molar-refractivity contribution >= 4 is 5.78 Å². The lowest BCUT2D eigenvalue weighted by Gasteiger charge is -2.28. The van der Waals surface area contributed by atoms with Crippen molar-refractivity contribution in [3.8, 4) is 28.4 Å². The molecule has 188 valence electrons. The molecule has 1 unspecified atom stereocenters. The van der Waals surface area contributed by atoms with E-state index >= 15 is 0 Å². The van der Waals surface area contributed by atoms with Crippen LogP contribution < -0.4 is 14.2 Å². The Morgan fingerprint density at radius 2 is 1.83 bits per heavy atom. The molecule has 1 saturated carbocycles. The number of carbonyl (C=O) groups is 1. The van der Waals surface area contributed by atoms with Crippen LogP contribution in [0.4, 0.5) is 0 Å². The monoisotopic (exact) mass is 484 g/mol. The van der Waals surface area contributed by atoms with E-state index in [0.717, 1.165) is 52.9 Å². The van der Waals surface area contributed by atoms with Crippen LogP contribution in [0.3, 0.4) is 0 Å². The minimum atomic E-state index is -0.257. The van der Waals surface area contributed by atoms with E-state index in [2.05, 4.69) is 19.6 Å². The SMILES string of the molecule is C=C(CC1COc2cccc(-c3ccc(OC)cc3)c2O1)C(=O)C1=CC=C(CC2CCC(C)CC2)C1. The maximum atomic E-state index is 13.2. The number of para-hydroxylation sites is 1. The van der Waals surface area contributed by atoms with Crippen LogP contribution in [-0.2, 0) is 4.79 Å². The van der Waals surface area contributed by atoms with Crippen LogP contribution in [0, 0.1) is 11.8 Å². The van der Waals surface area contributed by atoms with Crippen molar-refractivity contribution in [3.63, 3.8) is 0 Å². The van der Waals surface area contributed by atoms with Crippen LogP contribution in [0.25, 0.3) is 11.1 Å². The molecule has 2 aliphatic carbocycles. The number of ketones is 1. The summed E-state index contributed by atoms with van der Waals surface area (Å²) in [6.07, 6.45) is 11.5. The van der Waals surface area contributed by atoms with Crippen molar-refractivity contribution in [1.82, 2.24) is 0 Å². The molecule has 5 rings (SSSR count). The fourth-order valence-corrected chi connectivity index (χ4v) is 5.61. The van der Waals surface area contributed by atoms with Crippen molar-refractivity contribution in [2.75, 3.05) is 13.7 Å². The number of rotatable bonds is 8. The summed E-state index contributed by atoms with van der Waals surface area (Å²) in [6.45, 7) is 6.89. The quantitative estimate of drug-likeness (QED) is 0.364. The maximum absolute atomic E-state index is 13.2. The molecule has 0 N–H and O–H groups in total. The van der Waals surface area contributed by atoms with E-state index in [-0.39, 0.29) is 11.9 Å². The van der Waals surface area contributed by atoms with Gasteiger partial charge in [-0.25, -0.2) is 0 Å². The molecule has 1 heterocycles. The van der Waals surface area contributed by atoms with Crippen molar-refractivity contribution in [2.24, 2.45) is 11.8 Å². The molecule has 0 aromatic heterocycles. The van der Waals surface area contributed by atoms with E-state index in [1.807, 2.05) is 48.5 Å². The number of fused-ring (bicyclic) bond motifs is 1. The zero-order valence-corrected chi connectivity index (χ0v) is 21.4. The fourth-order valence-electron chi connectivity index (χ4n) is 5.61. The smallest absolute Gasteiger partial charge is 0.184 e. The van der Waals surface area contributed by atoms with Gasteiger partial charge in [0.05, 0.1) is 7.11 Å². The Hall–Kier alpha value is -3.27. The number of allylic oxidation sites excluding steroid dienone is 4. The number of hydrogen-bond donors (Lipinski definition) is 0. The van der Waals surface area contributed by atoms with Gasteiger partial charge >= 0.3 is 0 Å². The van der Waals surface area contributed by atoms with E-state index in [4.69, 9.17) is 14.2 Å². The zero-order chi connectivity index (χ0) is 25.1. The van der Waals surface area contributed by atoms with Crippen LogP contribution in [0.15, 0.2) is 77.9 Å². The van der Waals surface area contributed by atoms with E-state index in [1.165, 1.54) is 31.3 Å². The van der Waals surface area contributed by atoms with Crippen LogP contribution in [-0.4, -0.2) is 25.6 Å². The minimum absolute atomic E-state index is 0.0522. The van der Waals surface area contributed by atoms with Crippen molar-refractivity contribution in [1.29, 1.82) is 0 Å². The van der Waals surface area contributed by atoms with Gasteiger partial charge < -0.3 is 14.2 Å². The molecule has 0 spiro atoms. The number of ether oxygens (including phenoxy) is 3. The third-order valence-electron chi connectivity index (χ3n) is 7.80. The number of benzene rings is 2. The molecule has 0 saturated heterocycles. The largest absolute Gasteiger partial charge is 0.497 e. The van der Waals surface area contributed by atoms with Gasteiger partial charge in [0, 0.05) is 17.6 Å². The zero-order valence-electron chi connectivity index (χ0n) is 21.4. The first-order valence-corrected chi connectivity index (χ1v) is 13.2. The van der Waals surface area contributed by atoms with Gasteiger partial charge in [-0.3, -0.25) is 4.79 Å². The van der Waals surface area contributed by atoms with Crippen LogP contribution in [0.1, 0.15) is 51.9 Å². The van der Waals surface area contributed by atoms with Gasteiger partial charge in [-0.15, -0.1) is 0 Å². The van der Waals surface area contributed by atoms with Gasteiger partial charge in [0.15, 0.2) is 17.3 Å². The summed E-state index contributed by atoms with van der Waals surface area (Å²) in [5.41, 5.74) is 4.81. The van der Waals surface area contributed by atoms with Gasteiger partial charge in [0.2, 0.25) is 0 Å². The summed E-state index contributed by atoms with van der Waals surface area (Å²) in [5.74, 6) is 3.93.